The highest BCUT2D eigenvalue weighted by Crippen LogP contribution is 2.26. The summed E-state index contributed by atoms with van der Waals surface area (Å²) in [5, 5.41) is 15.0. The fourth-order valence-electron chi connectivity index (χ4n) is 3.57. The standard InChI is InChI=1S/C27H31N5O5S/c1-6-15-32-24(23(17(2)3)29-25(34)18-9-13-21(36-4)14-10-18)30-31-27(32)38-16-22(33)28-20-11-7-19(8-12-20)26(35)37-5/h6-14,17,23H,1,15-16H2,2-5H3,(H,28,33)(H,29,34)/t23-/m1/s1. The number of allylic oxidation sites excluding steroid dienone is 1. The zero-order valence-electron chi connectivity index (χ0n) is 21.8. The molecule has 10 nitrogen and oxygen atoms in total. The molecule has 3 aromatic rings. The normalized spacial score (nSPS) is 11.5. The topological polar surface area (TPSA) is 124 Å². The second-order valence-corrected chi connectivity index (χ2v) is 9.51. The minimum atomic E-state index is -0.448. The maximum atomic E-state index is 13.0. The van der Waals surface area contributed by atoms with Crippen molar-refractivity contribution in [2.24, 2.45) is 5.92 Å². The van der Waals surface area contributed by atoms with Gasteiger partial charge in [-0.2, -0.15) is 0 Å². The molecule has 3 rings (SSSR count). The monoisotopic (exact) mass is 537 g/mol. The van der Waals surface area contributed by atoms with Crippen LogP contribution >= 0.6 is 11.8 Å². The van der Waals surface area contributed by atoms with Gasteiger partial charge in [0.05, 0.1) is 31.6 Å². The van der Waals surface area contributed by atoms with Crippen molar-refractivity contribution in [3.05, 3.63) is 78.1 Å². The highest BCUT2D eigenvalue weighted by Gasteiger charge is 2.26. The van der Waals surface area contributed by atoms with Crippen LogP contribution < -0.4 is 15.4 Å². The van der Waals surface area contributed by atoms with E-state index in [1.165, 1.54) is 18.9 Å². The number of nitrogens with zero attached hydrogens (tertiary/aromatic N) is 3. The Balaban J connectivity index is 1.70. The number of carbonyl (C=O) groups excluding carboxylic acids is 3. The van der Waals surface area contributed by atoms with Gasteiger partial charge in [0.15, 0.2) is 11.0 Å². The van der Waals surface area contributed by atoms with Crippen molar-refractivity contribution < 1.29 is 23.9 Å². The first-order valence-electron chi connectivity index (χ1n) is 11.9. The SMILES string of the molecule is C=CCn1c(SCC(=O)Nc2ccc(C(=O)OC)cc2)nnc1[C@H](NC(=O)c1ccc(OC)cc1)C(C)C. The molecule has 0 unspecified atom stereocenters. The fraction of sp³-hybridized carbons (Fsp3) is 0.296. The van der Waals surface area contributed by atoms with Gasteiger partial charge >= 0.3 is 5.97 Å². The molecule has 1 atom stereocenters. The van der Waals surface area contributed by atoms with Crippen LogP contribution in [0.3, 0.4) is 0 Å². The molecule has 2 aromatic carbocycles. The van der Waals surface area contributed by atoms with Crippen LogP contribution in [0.25, 0.3) is 0 Å². The molecule has 1 heterocycles. The van der Waals surface area contributed by atoms with Gasteiger partial charge in [-0.15, -0.1) is 16.8 Å². The van der Waals surface area contributed by atoms with Gasteiger partial charge in [-0.25, -0.2) is 4.79 Å². The summed E-state index contributed by atoms with van der Waals surface area (Å²) in [5.74, 6) is 0.392. The van der Waals surface area contributed by atoms with Crippen molar-refractivity contribution in [1.29, 1.82) is 0 Å². The molecule has 0 saturated carbocycles. The van der Waals surface area contributed by atoms with Crippen LogP contribution in [0.15, 0.2) is 66.3 Å². The quantitative estimate of drug-likeness (QED) is 0.201. The summed E-state index contributed by atoms with van der Waals surface area (Å²) < 4.78 is 11.7. The zero-order chi connectivity index (χ0) is 27.7. The van der Waals surface area contributed by atoms with E-state index in [0.29, 0.717) is 40.1 Å². The van der Waals surface area contributed by atoms with E-state index < -0.39 is 12.0 Å². The number of nitrogens with one attached hydrogen (secondary N) is 2. The van der Waals surface area contributed by atoms with Gasteiger partial charge in [0.2, 0.25) is 5.91 Å². The van der Waals surface area contributed by atoms with E-state index in [1.54, 1.807) is 61.7 Å². The Labute approximate surface area is 225 Å². The number of rotatable bonds is 12. The van der Waals surface area contributed by atoms with E-state index in [2.05, 4.69) is 32.1 Å². The van der Waals surface area contributed by atoms with Gasteiger partial charge in [-0.05, 0) is 54.4 Å². The summed E-state index contributed by atoms with van der Waals surface area (Å²) in [4.78, 5) is 37.1. The van der Waals surface area contributed by atoms with Crippen LogP contribution in [0.1, 0.15) is 46.4 Å². The van der Waals surface area contributed by atoms with Crippen molar-refractivity contribution in [2.45, 2.75) is 31.6 Å². The molecule has 0 fully saturated rings. The zero-order valence-corrected chi connectivity index (χ0v) is 22.6. The number of thioether (sulfide) groups is 1. The number of hydrogen-bond donors (Lipinski definition) is 2. The van der Waals surface area contributed by atoms with Crippen LogP contribution in [0.4, 0.5) is 5.69 Å². The number of anilines is 1. The van der Waals surface area contributed by atoms with E-state index in [0.717, 1.165) is 0 Å². The van der Waals surface area contributed by atoms with Crippen molar-refractivity contribution >= 4 is 35.2 Å². The van der Waals surface area contributed by atoms with Crippen LogP contribution in [0.5, 0.6) is 5.75 Å². The number of hydrogen-bond acceptors (Lipinski definition) is 8. The number of amides is 2. The van der Waals surface area contributed by atoms with E-state index >= 15 is 0 Å². The molecular formula is C27H31N5O5S. The minimum Gasteiger partial charge on any atom is -0.497 e. The third-order valence-corrected chi connectivity index (χ3v) is 6.53. The lowest BCUT2D eigenvalue weighted by atomic mass is 10.0. The van der Waals surface area contributed by atoms with E-state index in [4.69, 9.17) is 4.74 Å². The third kappa shape index (κ3) is 7.22. The van der Waals surface area contributed by atoms with Gasteiger partial charge in [0.1, 0.15) is 5.75 Å². The highest BCUT2D eigenvalue weighted by molar-refractivity contribution is 7.99. The van der Waals surface area contributed by atoms with Gasteiger partial charge in [-0.3, -0.25) is 9.59 Å². The summed E-state index contributed by atoms with van der Waals surface area (Å²) in [6.45, 7) is 8.20. The molecule has 0 aliphatic heterocycles. The molecule has 2 N–H and O–H groups in total. The Morgan fingerprint density at radius 3 is 2.26 bits per heavy atom. The Morgan fingerprint density at radius 1 is 1.03 bits per heavy atom. The lowest BCUT2D eigenvalue weighted by Crippen LogP contribution is -2.33. The summed E-state index contributed by atoms with van der Waals surface area (Å²) in [6, 6.07) is 12.8. The van der Waals surface area contributed by atoms with Crippen LogP contribution in [-0.2, 0) is 16.1 Å². The summed E-state index contributed by atoms with van der Waals surface area (Å²) in [7, 11) is 2.88. The Hall–Kier alpha value is -4.12. The predicted octanol–water partition coefficient (Wildman–Crippen LogP) is 4.12. The van der Waals surface area contributed by atoms with Crippen molar-refractivity contribution in [3.63, 3.8) is 0 Å². The molecule has 38 heavy (non-hydrogen) atoms. The fourth-order valence-corrected chi connectivity index (χ4v) is 4.32. The van der Waals surface area contributed by atoms with Crippen molar-refractivity contribution in [1.82, 2.24) is 20.1 Å². The van der Waals surface area contributed by atoms with Crippen molar-refractivity contribution in [3.8, 4) is 5.75 Å². The number of ether oxygens (including phenoxy) is 2. The molecule has 0 aliphatic rings. The Kier molecular flexibility index (Phi) is 10.1. The molecule has 0 aliphatic carbocycles. The number of methoxy groups -OCH3 is 2. The first-order valence-corrected chi connectivity index (χ1v) is 12.9. The predicted molar refractivity (Wildman–Crippen MR) is 145 cm³/mol. The largest absolute Gasteiger partial charge is 0.497 e. The molecule has 2 amide bonds. The maximum absolute atomic E-state index is 13.0. The minimum absolute atomic E-state index is 0.0130. The molecule has 0 bridgehead atoms. The van der Waals surface area contributed by atoms with Crippen LogP contribution in [0.2, 0.25) is 0 Å². The van der Waals surface area contributed by atoms with Gasteiger partial charge in [0, 0.05) is 17.8 Å². The van der Waals surface area contributed by atoms with Crippen LogP contribution in [0, 0.1) is 5.92 Å². The first-order chi connectivity index (χ1) is 18.3. The van der Waals surface area contributed by atoms with E-state index in [9.17, 15) is 14.4 Å². The molecule has 1 aromatic heterocycles. The molecule has 0 spiro atoms. The van der Waals surface area contributed by atoms with E-state index in [-0.39, 0.29) is 23.5 Å². The molecule has 0 radical (unpaired) electrons. The Bertz CT molecular complexity index is 1270. The average Bonchev–Trinajstić information content (AvgIpc) is 3.32. The van der Waals surface area contributed by atoms with Gasteiger partial charge < -0.3 is 24.7 Å². The van der Waals surface area contributed by atoms with Crippen molar-refractivity contribution in [2.75, 3.05) is 25.3 Å². The van der Waals surface area contributed by atoms with Gasteiger partial charge in [0.25, 0.3) is 5.91 Å². The summed E-state index contributed by atoms with van der Waals surface area (Å²) in [6.07, 6.45) is 1.71. The lowest BCUT2D eigenvalue weighted by molar-refractivity contribution is -0.113. The number of aromatic nitrogens is 3. The third-order valence-electron chi connectivity index (χ3n) is 5.56. The maximum Gasteiger partial charge on any atom is 0.337 e. The smallest absolute Gasteiger partial charge is 0.337 e. The second kappa shape index (κ2) is 13.4. The summed E-state index contributed by atoms with van der Waals surface area (Å²) >= 11 is 1.22. The molecule has 200 valence electrons. The van der Waals surface area contributed by atoms with Gasteiger partial charge in [-0.1, -0.05) is 31.7 Å². The Morgan fingerprint density at radius 2 is 1.68 bits per heavy atom. The first kappa shape index (κ1) is 28.5. The lowest BCUT2D eigenvalue weighted by Gasteiger charge is -2.22. The van der Waals surface area contributed by atoms with E-state index in [1.807, 2.05) is 18.4 Å². The molecule has 0 saturated heterocycles. The average molecular weight is 538 g/mol. The molecular weight excluding hydrogens is 506 g/mol. The highest BCUT2D eigenvalue weighted by atomic mass is 32.2. The summed E-state index contributed by atoms with van der Waals surface area (Å²) in [5.41, 5.74) is 1.44. The van der Waals surface area contributed by atoms with Crippen LogP contribution in [-0.4, -0.2) is 52.5 Å². The number of carbonyl (C=O) groups is 3. The number of esters is 1. The second-order valence-electron chi connectivity index (χ2n) is 8.57. The molecule has 11 heteroatoms. The number of benzene rings is 2.